The summed E-state index contributed by atoms with van der Waals surface area (Å²) in [6.07, 6.45) is -1.46. The normalized spacial score (nSPS) is 17.2. The summed E-state index contributed by atoms with van der Waals surface area (Å²) >= 11 is 0. The number of likely N-dealkylation sites (tertiary alicyclic amines) is 1. The smallest absolute Gasteiger partial charge is 0.408 e. The molecule has 1 fully saturated rings. The Morgan fingerprint density at radius 2 is 1.68 bits per heavy atom. The summed E-state index contributed by atoms with van der Waals surface area (Å²) in [5.74, 6) is -1.09. The molecule has 1 aliphatic heterocycles. The number of imide groups is 1. The lowest BCUT2D eigenvalue weighted by molar-refractivity contribution is -0.151. The lowest BCUT2D eigenvalue weighted by Crippen LogP contribution is -2.52. The molecule has 1 saturated heterocycles. The molecule has 7 heteroatoms. The maximum atomic E-state index is 12.9. The number of ether oxygens (including phenoxy) is 1. The van der Waals surface area contributed by atoms with Crippen LogP contribution in [0.3, 0.4) is 0 Å². The second-order valence-electron chi connectivity index (χ2n) is 6.57. The van der Waals surface area contributed by atoms with Crippen molar-refractivity contribution in [3.05, 3.63) is 71.8 Å². The Hall–Kier alpha value is -3.19. The Bertz CT molecular complexity index is 825. The highest BCUT2D eigenvalue weighted by molar-refractivity contribution is 6.00. The van der Waals surface area contributed by atoms with Gasteiger partial charge in [0.1, 0.15) is 18.9 Å². The van der Waals surface area contributed by atoms with Crippen molar-refractivity contribution in [1.29, 1.82) is 0 Å². The summed E-state index contributed by atoms with van der Waals surface area (Å²) in [7, 11) is 0. The SMILES string of the molecule is O=C(NC(Cc1ccccc1)C(=O)N1C(=O)CCC1O)OCc1ccccc1. The quantitative estimate of drug-likeness (QED) is 0.797. The number of aliphatic hydroxyl groups excluding tert-OH is 1. The fraction of sp³-hybridized carbons (Fsp3) is 0.286. The van der Waals surface area contributed by atoms with E-state index in [0.717, 1.165) is 16.0 Å². The number of alkyl carbamates (subject to hydrolysis) is 1. The van der Waals surface area contributed by atoms with Gasteiger partial charge in [0.25, 0.3) is 5.91 Å². The van der Waals surface area contributed by atoms with Gasteiger partial charge in [-0.2, -0.15) is 0 Å². The zero-order valence-electron chi connectivity index (χ0n) is 15.3. The van der Waals surface area contributed by atoms with E-state index in [1.807, 2.05) is 60.7 Å². The first-order valence-electron chi connectivity index (χ1n) is 9.09. The number of carbonyl (C=O) groups is 3. The van der Waals surface area contributed by atoms with Crippen LogP contribution < -0.4 is 5.32 Å². The van der Waals surface area contributed by atoms with Gasteiger partial charge in [-0.1, -0.05) is 60.7 Å². The van der Waals surface area contributed by atoms with E-state index in [1.54, 1.807) is 0 Å². The maximum Gasteiger partial charge on any atom is 0.408 e. The van der Waals surface area contributed by atoms with Crippen LogP contribution in [-0.4, -0.2) is 40.2 Å². The molecule has 1 heterocycles. The van der Waals surface area contributed by atoms with Crippen molar-refractivity contribution >= 4 is 17.9 Å². The minimum absolute atomic E-state index is 0.0597. The van der Waals surface area contributed by atoms with Crippen molar-refractivity contribution in [2.24, 2.45) is 0 Å². The summed E-state index contributed by atoms with van der Waals surface area (Å²) in [4.78, 5) is 37.9. The van der Waals surface area contributed by atoms with Crippen molar-refractivity contribution in [3.63, 3.8) is 0 Å². The number of aliphatic hydroxyl groups is 1. The highest BCUT2D eigenvalue weighted by atomic mass is 16.5. The molecule has 2 N–H and O–H groups in total. The monoisotopic (exact) mass is 382 g/mol. The zero-order chi connectivity index (χ0) is 19.9. The molecule has 2 unspecified atom stereocenters. The third kappa shape index (κ3) is 4.95. The van der Waals surface area contributed by atoms with Crippen LogP contribution >= 0.6 is 0 Å². The van der Waals surface area contributed by atoms with Crippen LogP contribution in [0.15, 0.2) is 60.7 Å². The molecule has 146 valence electrons. The van der Waals surface area contributed by atoms with Gasteiger partial charge in [-0.05, 0) is 11.1 Å². The van der Waals surface area contributed by atoms with Gasteiger partial charge in [-0.15, -0.1) is 0 Å². The number of benzene rings is 2. The predicted molar refractivity (Wildman–Crippen MR) is 101 cm³/mol. The Kier molecular flexibility index (Phi) is 6.39. The third-order valence-corrected chi connectivity index (χ3v) is 4.51. The number of hydrogen-bond donors (Lipinski definition) is 2. The second kappa shape index (κ2) is 9.14. The average Bonchev–Trinajstić information content (AvgIpc) is 3.05. The molecule has 3 rings (SSSR count). The minimum Gasteiger partial charge on any atom is -0.445 e. The first-order valence-corrected chi connectivity index (χ1v) is 9.09. The fourth-order valence-corrected chi connectivity index (χ4v) is 3.06. The highest BCUT2D eigenvalue weighted by Gasteiger charge is 2.38. The van der Waals surface area contributed by atoms with Gasteiger partial charge in [0, 0.05) is 19.3 Å². The molecular weight excluding hydrogens is 360 g/mol. The molecule has 0 bridgehead atoms. The standard InChI is InChI=1S/C21H22N2O5/c24-18-11-12-19(25)23(18)20(26)17(13-15-7-3-1-4-8-15)22-21(27)28-14-16-9-5-2-6-10-16/h1-10,17-18,24H,11-14H2,(H,22,27). The number of nitrogens with zero attached hydrogens (tertiary/aromatic N) is 1. The maximum absolute atomic E-state index is 12.9. The minimum atomic E-state index is -1.17. The summed E-state index contributed by atoms with van der Waals surface area (Å²) in [6, 6.07) is 17.3. The molecule has 0 spiro atoms. The largest absolute Gasteiger partial charge is 0.445 e. The molecule has 0 aliphatic carbocycles. The Labute approximate surface area is 162 Å². The summed E-state index contributed by atoms with van der Waals surface area (Å²) in [5, 5.41) is 12.5. The Balaban J connectivity index is 1.69. The van der Waals surface area contributed by atoms with Crippen molar-refractivity contribution in [3.8, 4) is 0 Å². The first kappa shape index (κ1) is 19.6. The highest BCUT2D eigenvalue weighted by Crippen LogP contribution is 2.19. The van der Waals surface area contributed by atoms with Gasteiger partial charge >= 0.3 is 6.09 Å². The van der Waals surface area contributed by atoms with E-state index in [4.69, 9.17) is 4.74 Å². The van der Waals surface area contributed by atoms with Gasteiger partial charge in [0.15, 0.2) is 0 Å². The van der Waals surface area contributed by atoms with E-state index in [2.05, 4.69) is 5.32 Å². The summed E-state index contributed by atoms with van der Waals surface area (Å²) < 4.78 is 5.19. The Morgan fingerprint density at radius 3 is 2.25 bits per heavy atom. The number of nitrogens with one attached hydrogen (secondary N) is 1. The van der Waals surface area contributed by atoms with Crippen molar-refractivity contribution in [2.45, 2.75) is 38.1 Å². The number of carbonyl (C=O) groups excluding carboxylic acids is 3. The van der Waals surface area contributed by atoms with Crippen LogP contribution in [0, 0.1) is 0 Å². The predicted octanol–water partition coefficient (Wildman–Crippen LogP) is 1.99. The van der Waals surface area contributed by atoms with Gasteiger partial charge in [-0.25, -0.2) is 4.79 Å². The molecule has 0 radical (unpaired) electrons. The number of amides is 3. The molecule has 3 amide bonds. The molecule has 7 nitrogen and oxygen atoms in total. The lowest BCUT2D eigenvalue weighted by Gasteiger charge is -2.25. The molecule has 0 aromatic heterocycles. The molecular formula is C21H22N2O5. The number of rotatable bonds is 6. The van der Waals surface area contributed by atoms with Crippen molar-refractivity contribution in [2.75, 3.05) is 0 Å². The summed E-state index contributed by atoms with van der Waals surface area (Å²) in [6.45, 7) is 0.0597. The van der Waals surface area contributed by atoms with Crippen molar-refractivity contribution in [1.82, 2.24) is 10.2 Å². The van der Waals surface area contributed by atoms with Crippen LogP contribution in [-0.2, 0) is 27.4 Å². The summed E-state index contributed by atoms with van der Waals surface area (Å²) in [5.41, 5.74) is 1.62. The van der Waals surface area contributed by atoms with Gasteiger partial charge < -0.3 is 15.2 Å². The van der Waals surface area contributed by atoms with Gasteiger partial charge in [-0.3, -0.25) is 14.5 Å². The van der Waals surface area contributed by atoms with Crippen LogP contribution in [0.25, 0.3) is 0 Å². The second-order valence-corrected chi connectivity index (χ2v) is 6.57. The average molecular weight is 382 g/mol. The van der Waals surface area contributed by atoms with E-state index in [-0.39, 0.29) is 25.9 Å². The van der Waals surface area contributed by atoms with Gasteiger partial charge in [0.05, 0.1) is 0 Å². The Morgan fingerprint density at radius 1 is 1.07 bits per heavy atom. The fourth-order valence-electron chi connectivity index (χ4n) is 3.06. The molecule has 2 aromatic carbocycles. The molecule has 2 atom stereocenters. The van der Waals surface area contributed by atoms with Crippen molar-refractivity contribution < 1.29 is 24.2 Å². The topological polar surface area (TPSA) is 95.9 Å². The molecule has 1 aliphatic rings. The zero-order valence-corrected chi connectivity index (χ0v) is 15.3. The van der Waals surface area contributed by atoms with Crippen LogP contribution in [0.5, 0.6) is 0 Å². The number of hydrogen-bond acceptors (Lipinski definition) is 5. The molecule has 28 heavy (non-hydrogen) atoms. The van der Waals surface area contributed by atoms with Crippen LogP contribution in [0.2, 0.25) is 0 Å². The van der Waals surface area contributed by atoms with E-state index in [0.29, 0.717) is 0 Å². The van der Waals surface area contributed by atoms with Crippen LogP contribution in [0.4, 0.5) is 4.79 Å². The van der Waals surface area contributed by atoms with Crippen LogP contribution in [0.1, 0.15) is 24.0 Å². The first-order chi connectivity index (χ1) is 13.5. The third-order valence-electron chi connectivity index (χ3n) is 4.51. The van der Waals surface area contributed by atoms with E-state index >= 15 is 0 Å². The lowest BCUT2D eigenvalue weighted by atomic mass is 10.0. The van der Waals surface area contributed by atoms with E-state index in [9.17, 15) is 19.5 Å². The van der Waals surface area contributed by atoms with E-state index < -0.39 is 30.2 Å². The van der Waals surface area contributed by atoms with E-state index in [1.165, 1.54) is 0 Å². The van der Waals surface area contributed by atoms with Gasteiger partial charge in [0.2, 0.25) is 5.91 Å². The molecule has 2 aromatic rings. The molecule has 0 saturated carbocycles.